The fraction of sp³-hybridized carbons (Fsp3) is 0.290. The van der Waals surface area contributed by atoms with E-state index in [-0.39, 0.29) is 36.8 Å². The second kappa shape index (κ2) is 14.7. The number of nitrogens with zero attached hydrogens (tertiary/aromatic N) is 2. The van der Waals surface area contributed by atoms with Crippen LogP contribution in [0.25, 0.3) is 0 Å². The van der Waals surface area contributed by atoms with Gasteiger partial charge in [-0.05, 0) is 85.0 Å². The van der Waals surface area contributed by atoms with Crippen LogP contribution in [-0.4, -0.2) is 52.8 Å². The number of amides is 3. The maximum atomic E-state index is 13.9. The fourth-order valence-corrected chi connectivity index (χ4v) is 5.94. The Hall–Kier alpha value is -3.42. The predicted molar refractivity (Wildman–Crippen MR) is 175 cm³/mol. The highest BCUT2D eigenvalue weighted by Crippen LogP contribution is 2.36. The summed E-state index contributed by atoms with van der Waals surface area (Å²) in [6.07, 6.45) is -0.669. The predicted octanol–water partition coefficient (Wildman–Crippen LogP) is 6.38. The number of rotatable bonds is 11. The summed E-state index contributed by atoms with van der Waals surface area (Å²) in [5, 5.41) is 5.40. The van der Waals surface area contributed by atoms with E-state index in [0.29, 0.717) is 28.0 Å². The molecule has 220 valence electrons. The van der Waals surface area contributed by atoms with E-state index in [1.807, 2.05) is 62.4 Å². The summed E-state index contributed by atoms with van der Waals surface area (Å²) < 4.78 is 12.9. The van der Waals surface area contributed by atoms with Gasteiger partial charge in [0, 0.05) is 33.9 Å². The normalized spacial score (nSPS) is 16.5. The van der Waals surface area contributed by atoms with Crippen molar-refractivity contribution in [3.8, 4) is 5.75 Å². The third kappa shape index (κ3) is 8.55. The molecule has 3 aromatic rings. The molecule has 4 rings (SSSR count). The number of nitrogens with one attached hydrogen (secondary N) is 2. The van der Waals surface area contributed by atoms with E-state index in [1.165, 1.54) is 18.7 Å². The number of anilines is 2. The molecule has 9 nitrogen and oxygen atoms in total. The van der Waals surface area contributed by atoms with Gasteiger partial charge in [-0.2, -0.15) is 0 Å². The average Bonchev–Trinajstić information content (AvgIpc) is 3.22. The van der Waals surface area contributed by atoms with Gasteiger partial charge in [-0.1, -0.05) is 36.0 Å². The average molecular weight is 701 g/mol. The van der Waals surface area contributed by atoms with Crippen molar-refractivity contribution in [1.29, 1.82) is 0 Å². The van der Waals surface area contributed by atoms with Gasteiger partial charge in [0.2, 0.25) is 17.7 Å². The minimum atomic E-state index is -0.677. The van der Waals surface area contributed by atoms with E-state index >= 15 is 0 Å². The Balaban J connectivity index is 1.64. The van der Waals surface area contributed by atoms with E-state index in [0.717, 1.165) is 9.13 Å². The number of ether oxygens (including phenoxy) is 2. The number of methoxy groups -OCH3 is 1. The first-order chi connectivity index (χ1) is 20.1. The first-order valence-corrected chi connectivity index (χ1v) is 15.4. The van der Waals surface area contributed by atoms with Crippen LogP contribution in [0.4, 0.5) is 17.1 Å². The number of hydrogen-bond acceptors (Lipinski definition) is 7. The Morgan fingerprint density at radius 3 is 2.45 bits per heavy atom. The zero-order valence-electron chi connectivity index (χ0n) is 23.8. The first kappa shape index (κ1) is 31.5. The molecule has 0 radical (unpaired) electrons. The number of amidine groups is 1. The maximum Gasteiger partial charge on any atom is 0.242 e. The van der Waals surface area contributed by atoms with E-state index in [1.54, 1.807) is 36.3 Å². The van der Waals surface area contributed by atoms with Crippen molar-refractivity contribution in [2.45, 2.75) is 44.6 Å². The number of carbonyl (C=O) groups is 3. The number of para-hydroxylation sites is 1. The van der Waals surface area contributed by atoms with Crippen LogP contribution < -0.4 is 15.4 Å². The van der Waals surface area contributed by atoms with Crippen molar-refractivity contribution in [3.05, 3.63) is 81.9 Å². The smallest absolute Gasteiger partial charge is 0.242 e. The summed E-state index contributed by atoms with van der Waals surface area (Å²) in [6, 6.07) is 22.1. The quantitative estimate of drug-likeness (QED) is 0.225. The Bertz CT molecular complexity index is 1460. The number of hydrogen-bond donors (Lipinski definition) is 2. The molecule has 42 heavy (non-hydrogen) atoms. The molecule has 1 fully saturated rings. The zero-order valence-corrected chi connectivity index (χ0v) is 26.8. The van der Waals surface area contributed by atoms with Crippen LogP contribution >= 0.6 is 34.4 Å². The summed E-state index contributed by atoms with van der Waals surface area (Å²) >= 11 is 3.44. The standard InChI is InChI=1S/C31H33IN4O5S/c1-19(2)41-27(25-10-5-6-11-26(25)40-4)18-36-30(39)28(17-29(38)34-22-14-12-21(32)13-15-22)42-31(36)35-24-9-7-8-23(16-24)33-20(3)37/h5-16,19,27-28H,17-18H2,1-4H3,(H,33,37)(H,34,38). The number of benzene rings is 3. The molecule has 1 aliphatic rings. The fourth-order valence-electron chi connectivity index (χ4n) is 4.42. The third-order valence-electron chi connectivity index (χ3n) is 6.18. The number of carbonyl (C=O) groups excluding carboxylic acids is 3. The van der Waals surface area contributed by atoms with Gasteiger partial charge >= 0.3 is 0 Å². The summed E-state index contributed by atoms with van der Waals surface area (Å²) in [6.45, 7) is 5.47. The van der Waals surface area contributed by atoms with Gasteiger partial charge in [-0.15, -0.1) is 0 Å². The third-order valence-corrected chi connectivity index (χ3v) is 8.08. The topological polar surface area (TPSA) is 109 Å². The van der Waals surface area contributed by atoms with Crippen molar-refractivity contribution < 1.29 is 23.9 Å². The van der Waals surface area contributed by atoms with Crippen molar-refractivity contribution >= 4 is 74.3 Å². The summed E-state index contributed by atoms with van der Waals surface area (Å²) in [7, 11) is 1.60. The molecule has 0 spiro atoms. The first-order valence-electron chi connectivity index (χ1n) is 13.4. The molecule has 0 bridgehead atoms. The van der Waals surface area contributed by atoms with E-state index < -0.39 is 11.4 Å². The van der Waals surface area contributed by atoms with Gasteiger partial charge in [0.15, 0.2) is 5.17 Å². The molecule has 11 heteroatoms. The largest absolute Gasteiger partial charge is 0.496 e. The summed E-state index contributed by atoms with van der Waals surface area (Å²) in [4.78, 5) is 44.8. The van der Waals surface area contributed by atoms with Gasteiger partial charge in [0.05, 0.1) is 25.4 Å². The van der Waals surface area contributed by atoms with Crippen LogP contribution in [0.15, 0.2) is 77.8 Å². The van der Waals surface area contributed by atoms with Crippen molar-refractivity contribution in [2.24, 2.45) is 4.99 Å². The minimum absolute atomic E-state index is 0.0265. The Morgan fingerprint density at radius 2 is 1.76 bits per heavy atom. The van der Waals surface area contributed by atoms with Gasteiger partial charge < -0.3 is 20.1 Å². The molecule has 0 saturated carbocycles. The van der Waals surface area contributed by atoms with Crippen molar-refractivity contribution in [2.75, 3.05) is 24.3 Å². The Labute approximate surface area is 263 Å². The molecule has 3 aromatic carbocycles. The van der Waals surface area contributed by atoms with E-state index in [9.17, 15) is 14.4 Å². The molecule has 1 heterocycles. The molecule has 3 amide bonds. The van der Waals surface area contributed by atoms with Crippen LogP contribution in [-0.2, 0) is 19.1 Å². The highest BCUT2D eigenvalue weighted by Gasteiger charge is 2.41. The van der Waals surface area contributed by atoms with Crippen LogP contribution in [0, 0.1) is 3.57 Å². The minimum Gasteiger partial charge on any atom is -0.496 e. The Morgan fingerprint density at radius 1 is 1.02 bits per heavy atom. The summed E-state index contributed by atoms with van der Waals surface area (Å²) in [5.74, 6) is -0.0497. The number of thioether (sulfide) groups is 1. The zero-order chi connectivity index (χ0) is 30.2. The van der Waals surface area contributed by atoms with E-state index in [2.05, 4.69) is 33.2 Å². The lowest BCUT2D eigenvalue weighted by Gasteiger charge is -2.27. The number of halogens is 1. The van der Waals surface area contributed by atoms with Gasteiger partial charge in [-0.25, -0.2) is 4.99 Å². The lowest BCUT2D eigenvalue weighted by molar-refractivity contribution is -0.130. The lowest BCUT2D eigenvalue weighted by atomic mass is 10.1. The van der Waals surface area contributed by atoms with Crippen molar-refractivity contribution in [1.82, 2.24) is 4.90 Å². The molecule has 1 saturated heterocycles. The molecule has 0 aromatic heterocycles. The molecule has 2 atom stereocenters. The van der Waals surface area contributed by atoms with Crippen LogP contribution in [0.2, 0.25) is 0 Å². The van der Waals surface area contributed by atoms with Crippen LogP contribution in [0.5, 0.6) is 5.75 Å². The van der Waals surface area contributed by atoms with Gasteiger partial charge in [0.1, 0.15) is 17.1 Å². The lowest BCUT2D eigenvalue weighted by Crippen LogP contribution is -2.37. The Kier molecular flexibility index (Phi) is 11.0. The number of aliphatic imine (C=N–C) groups is 1. The second-order valence-corrected chi connectivity index (χ2v) is 12.3. The van der Waals surface area contributed by atoms with Gasteiger partial charge in [0.25, 0.3) is 0 Å². The highest BCUT2D eigenvalue weighted by molar-refractivity contribution is 14.1. The molecule has 1 aliphatic heterocycles. The molecule has 2 N–H and O–H groups in total. The molecule has 0 aliphatic carbocycles. The maximum absolute atomic E-state index is 13.9. The van der Waals surface area contributed by atoms with Gasteiger partial charge in [-0.3, -0.25) is 19.3 Å². The highest BCUT2D eigenvalue weighted by atomic mass is 127. The summed E-state index contributed by atoms with van der Waals surface area (Å²) in [5.41, 5.74) is 2.62. The molecular formula is C31H33IN4O5S. The van der Waals surface area contributed by atoms with Crippen LogP contribution in [0.1, 0.15) is 38.9 Å². The van der Waals surface area contributed by atoms with E-state index in [4.69, 9.17) is 14.5 Å². The second-order valence-electron chi connectivity index (χ2n) is 9.86. The molecular weight excluding hydrogens is 667 g/mol. The van der Waals surface area contributed by atoms with Crippen molar-refractivity contribution in [3.63, 3.8) is 0 Å². The van der Waals surface area contributed by atoms with Crippen LogP contribution in [0.3, 0.4) is 0 Å². The monoisotopic (exact) mass is 700 g/mol. The SMILES string of the molecule is COc1ccccc1C(CN1C(=O)C(CC(=O)Nc2ccc(I)cc2)SC1=Nc1cccc(NC(C)=O)c1)OC(C)C. The molecule has 2 unspecified atom stereocenters.